The molecule has 2 rings (SSSR count). The van der Waals surface area contributed by atoms with E-state index in [1.807, 2.05) is 0 Å². The monoisotopic (exact) mass is 319 g/mol. The van der Waals surface area contributed by atoms with Gasteiger partial charge >= 0.3 is 0 Å². The van der Waals surface area contributed by atoms with Gasteiger partial charge < -0.3 is 15.1 Å². The predicted molar refractivity (Wildman–Crippen MR) is 101 cm³/mol. The van der Waals surface area contributed by atoms with Crippen molar-refractivity contribution in [3.05, 3.63) is 24.3 Å². The molecule has 1 saturated carbocycles. The first-order valence-electron chi connectivity index (χ1n) is 8.58. The zero-order chi connectivity index (χ0) is 15.9. The topological polar surface area (TPSA) is 18.5 Å². The minimum absolute atomic E-state index is 0.858. The van der Waals surface area contributed by atoms with Crippen LogP contribution in [0.1, 0.15) is 40.0 Å². The summed E-state index contributed by atoms with van der Waals surface area (Å²) in [5.74, 6) is 0.858. The third-order valence-corrected chi connectivity index (χ3v) is 4.56. The predicted octanol–water partition coefficient (Wildman–Crippen LogP) is 4.35. The normalized spacial score (nSPS) is 13.8. The summed E-state index contributed by atoms with van der Waals surface area (Å²) in [6.45, 7) is 10.8. The lowest BCUT2D eigenvalue weighted by Crippen LogP contribution is -2.36. The SMILES string of the molecule is CCCN(CC1CC1)C(=S)Nc1ccc(N(CC)CC)cc1. The zero-order valence-corrected chi connectivity index (χ0v) is 15.0. The Labute approximate surface area is 140 Å². The second kappa shape index (κ2) is 8.37. The van der Waals surface area contributed by atoms with Gasteiger partial charge in [-0.3, -0.25) is 0 Å². The van der Waals surface area contributed by atoms with Gasteiger partial charge in [0.05, 0.1) is 0 Å². The highest BCUT2D eigenvalue weighted by molar-refractivity contribution is 7.80. The molecule has 4 heteroatoms. The molecule has 0 aromatic heterocycles. The number of thiocarbonyl (C=S) groups is 1. The summed E-state index contributed by atoms with van der Waals surface area (Å²) in [6, 6.07) is 8.59. The van der Waals surface area contributed by atoms with Crippen LogP contribution in [0.2, 0.25) is 0 Å². The van der Waals surface area contributed by atoms with Gasteiger partial charge in [-0.2, -0.15) is 0 Å². The number of benzene rings is 1. The molecular formula is C18H29N3S. The lowest BCUT2D eigenvalue weighted by atomic mass is 10.2. The second-order valence-corrected chi connectivity index (χ2v) is 6.43. The van der Waals surface area contributed by atoms with E-state index in [-0.39, 0.29) is 0 Å². The molecule has 0 bridgehead atoms. The van der Waals surface area contributed by atoms with Crippen molar-refractivity contribution < 1.29 is 0 Å². The van der Waals surface area contributed by atoms with Crippen molar-refractivity contribution in [1.29, 1.82) is 0 Å². The number of nitrogens with zero attached hydrogens (tertiary/aromatic N) is 2. The van der Waals surface area contributed by atoms with Crippen molar-refractivity contribution in [1.82, 2.24) is 4.90 Å². The van der Waals surface area contributed by atoms with Crippen LogP contribution in [0, 0.1) is 5.92 Å². The molecular weight excluding hydrogens is 290 g/mol. The van der Waals surface area contributed by atoms with Crippen molar-refractivity contribution in [2.75, 3.05) is 36.4 Å². The highest BCUT2D eigenvalue weighted by Gasteiger charge is 2.25. The van der Waals surface area contributed by atoms with Gasteiger partial charge in [0.1, 0.15) is 0 Å². The van der Waals surface area contributed by atoms with E-state index in [0.29, 0.717) is 0 Å². The van der Waals surface area contributed by atoms with Gasteiger partial charge in [-0.05, 0) is 75.5 Å². The van der Waals surface area contributed by atoms with E-state index in [1.54, 1.807) is 0 Å². The summed E-state index contributed by atoms with van der Waals surface area (Å²) in [4.78, 5) is 4.67. The molecule has 1 N–H and O–H groups in total. The molecule has 0 unspecified atom stereocenters. The van der Waals surface area contributed by atoms with Crippen LogP contribution in [0.3, 0.4) is 0 Å². The molecule has 3 nitrogen and oxygen atoms in total. The maximum atomic E-state index is 5.60. The summed E-state index contributed by atoms with van der Waals surface area (Å²) in [7, 11) is 0. The number of hydrogen-bond donors (Lipinski definition) is 1. The molecule has 0 amide bonds. The van der Waals surface area contributed by atoms with Gasteiger partial charge in [-0.15, -0.1) is 0 Å². The quantitative estimate of drug-likeness (QED) is 0.718. The summed E-state index contributed by atoms with van der Waals surface area (Å²) >= 11 is 5.60. The van der Waals surface area contributed by atoms with Gasteiger partial charge in [0.25, 0.3) is 0 Å². The molecule has 0 atom stereocenters. The van der Waals surface area contributed by atoms with E-state index >= 15 is 0 Å². The van der Waals surface area contributed by atoms with Crippen molar-refractivity contribution in [3.8, 4) is 0 Å². The van der Waals surface area contributed by atoms with Crippen molar-refractivity contribution in [2.45, 2.75) is 40.0 Å². The Morgan fingerprint density at radius 1 is 1.14 bits per heavy atom. The fourth-order valence-corrected chi connectivity index (χ4v) is 2.99. The average molecular weight is 320 g/mol. The third kappa shape index (κ3) is 4.87. The highest BCUT2D eigenvalue weighted by Crippen LogP contribution is 2.30. The van der Waals surface area contributed by atoms with Crippen molar-refractivity contribution in [3.63, 3.8) is 0 Å². The molecule has 0 heterocycles. The Bertz CT molecular complexity index is 464. The lowest BCUT2D eigenvalue weighted by Gasteiger charge is -2.26. The summed E-state index contributed by atoms with van der Waals surface area (Å²) in [5.41, 5.74) is 2.35. The van der Waals surface area contributed by atoms with Gasteiger partial charge in [-0.1, -0.05) is 6.92 Å². The maximum Gasteiger partial charge on any atom is 0.173 e. The lowest BCUT2D eigenvalue weighted by molar-refractivity contribution is 0.404. The molecule has 1 fully saturated rings. The molecule has 0 aliphatic heterocycles. The van der Waals surface area contributed by atoms with Gasteiger partial charge in [0.15, 0.2) is 5.11 Å². The second-order valence-electron chi connectivity index (χ2n) is 6.04. The number of rotatable bonds is 8. The Kier molecular flexibility index (Phi) is 6.49. The Balaban J connectivity index is 1.94. The van der Waals surface area contributed by atoms with E-state index in [2.05, 4.69) is 60.2 Å². The molecule has 0 radical (unpaired) electrons. The molecule has 0 spiro atoms. The van der Waals surface area contributed by atoms with Crippen LogP contribution in [-0.2, 0) is 0 Å². The minimum Gasteiger partial charge on any atom is -0.372 e. The third-order valence-electron chi connectivity index (χ3n) is 4.20. The highest BCUT2D eigenvalue weighted by atomic mass is 32.1. The standard InChI is InChI=1S/C18H29N3S/c1-4-13-21(14-15-7-8-15)18(22)19-16-9-11-17(12-10-16)20(5-2)6-3/h9-12,15H,4-8,13-14H2,1-3H3,(H,19,22). The first-order chi connectivity index (χ1) is 10.7. The molecule has 22 heavy (non-hydrogen) atoms. The minimum atomic E-state index is 0.858. The summed E-state index contributed by atoms with van der Waals surface area (Å²) < 4.78 is 0. The summed E-state index contributed by atoms with van der Waals surface area (Å²) in [5, 5.41) is 4.27. The molecule has 122 valence electrons. The Hall–Kier alpha value is -1.29. The fraction of sp³-hybridized carbons (Fsp3) is 0.611. The largest absolute Gasteiger partial charge is 0.372 e. The molecule has 1 aromatic carbocycles. The van der Waals surface area contributed by atoms with Crippen LogP contribution in [0.25, 0.3) is 0 Å². The van der Waals surface area contributed by atoms with E-state index in [1.165, 1.54) is 18.5 Å². The van der Waals surface area contributed by atoms with E-state index in [9.17, 15) is 0 Å². The van der Waals surface area contributed by atoms with E-state index in [4.69, 9.17) is 12.2 Å². The van der Waals surface area contributed by atoms with Crippen molar-refractivity contribution in [2.24, 2.45) is 5.92 Å². The first-order valence-corrected chi connectivity index (χ1v) is 8.99. The van der Waals surface area contributed by atoms with Crippen LogP contribution >= 0.6 is 12.2 Å². The maximum absolute atomic E-state index is 5.60. The Morgan fingerprint density at radius 3 is 2.27 bits per heavy atom. The van der Waals surface area contributed by atoms with Crippen molar-refractivity contribution >= 4 is 28.7 Å². The first kappa shape index (κ1) is 17.1. The number of anilines is 2. The smallest absolute Gasteiger partial charge is 0.173 e. The van der Waals surface area contributed by atoms with Gasteiger partial charge in [0.2, 0.25) is 0 Å². The average Bonchev–Trinajstić information content (AvgIpc) is 3.34. The molecule has 1 aliphatic rings. The van der Waals surface area contributed by atoms with E-state index in [0.717, 1.165) is 49.3 Å². The van der Waals surface area contributed by atoms with Crippen LogP contribution in [0.15, 0.2) is 24.3 Å². The van der Waals surface area contributed by atoms with Crippen LogP contribution in [0.5, 0.6) is 0 Å². The molecule has 0 saturated heterocycles. The van der Waals surface area contributed by atoms with Crippen LogP contribution < -0.4 is 10.2 Å². The van der Waals surface area contributed by atoms with E-state index < -0.39 is 0 Å². The van der Waals surface area contributed by atoms with Crippen LogP contribution in [0.4, 0.5) is 11.4 Å². The Morgan fingerprint density at radius 2 is 1.77 bits per heavy atom. The molecule has 1 aromatic rings. The van der Waals surface area contributed by atoms with Gasteiger partial charge in [-0.25, -0.2) is 0 Å². The summed E-state index contributed by atoms with van der Waals surface area (Å²) in [6.07, 6.45) is 3.86. The number of nitrogens with one attached hydrogen (secondary N) is 1. The van der Waals surface area contributed by atoms with Gasteiger partial charge in [0, 0.05) is 37.6 Å². The molecule has 1 aliphatic carbocycles. The van der Waals surface area contributed by atoms with Crippen LogP contribution in [-0.4, -0.2) is 36.2 Å². The zero-order valence-electron chi connectivity index (χ0n) is 14.1. The fourth-order valence-electron chi connectivity index (χ4n) is 2.70. The number of hydrogen-bond acceptors (Lipinski definition) is 2.